The van der Waals surface area contributed by atoms with Crippen LogP contribution in [0.4, 0.5) is 0 Å². The van der Waals surface area contributed by atoms with Gasteiger partial charge >= 0.3 is 0 Å². The fraction of sp³-hybridized carbons (Fsp3) is 0.571. The van der Waals surface area contributed by atoms with Gasteiger partial charge < -0.3 is 15.6 Å². The maximum atomic E-state index is 9.79. The first-order chi connectivity index (χ1) is 8.41. The highest BCUT2D eigenvalue weighted by Crippen LogP contribution is 2.45. The van der Waals surface area contributed by atoms with E-state index in [-0.39, 0.29) is 18.1 Å². The van der Waals surface area contributed by atoms with Crippen molar-refractivity contribution in [2.24, 2.45) is 11.1 Å². The highest BCUT2D eigenvalue weighted by atomic mass is 79.9. The molecule has 1 aromatic rings. The van der Waals surface area contributed by atoms with E-state index in [1.807, 2.05) is 38.1 Å². The van der Waals surface area contributed by atoms with Crippen molar-refractivity contribution in [3.63, 3.8) is 0 Å². The predicted octanol–water partition coefficient (Wildman–Crippen LogP) is 2.41. The second-order valence-electron chi connectivity index (χ2n) is 5.53. The van der Waals surface area contributed by atoms with Crippen LogP contribution in [-0.4, -0.2) is 24.4 Å². The van der Waals surface area contributed by atoms with Gasteiger partial charge in [0, 0.05) is 9.89 Å². The van der Waals surface area contributed by atoms with Crippen molar-refractivity contribution >= 4 is 15.9 Å². The van der Waals surface area contributed by atoms with E-state index in [1.165, 1.54) is 0 Å². The van der Waals surface area contributed by atoms with Crippen molar-refractivity contribution in [2.45, 2.75) is 31.9 Å². The Morgan fingerprint density at radius 1 is 1.56 bits per heavy atom. The fourth-order valence-electron chi connectivity index (χ4n) is 2.73. The van der Waals surface area contributed by atoms with Crippen LogP contribution in [0.3, 0.4) is 0 Å². The summed E-state index contributed by atoms with van der Waals surface area (Å²) >= 11 is 3.47. The van der Waals surface area contributed by atoms with E-state index in [0.29, 0.717) is 6.61 Å². The van der Waals surface area contributed by atoms with E-state index in [9.17, 15) is 5.11 Å². The molecular weight excluding hydrogens is 294 g/mol. The number of hydrogen-bond donors (Lipinski definition) is 2. The highest BCUT2D eigenvalue weighted by Gasteiger charge is 2.50. The Kier molecular flexibility index (Phi) is 3.83. The lowest BCUT2D eigenvalue weighted by molar-refractivity contribution is -0.114. The van der Waals surface area contributed by atoms with Crippen LogP contribution in [0.25, 0.3) is 0 Å². The molecule has 100 valence electrons. The third kappa shape index (κ3) is 2.23. The Morgan fingerprint density at radius 3 is 2.89 bits per heavy atom. The molecule has 1 heterocycles. The monoisotopic (exact) mass is 313 g/mol. The molecule has 3 nitrogen and oxygen atoms in total. The Bertz CT molecular complexity index is 440. The molecule has 0 aromatic heterocycles. The molecule has 1 fully saturated rings. The first-order valence-corrected chi connectivity index (χ1v) is 6.98. The molecule has 1 aliphatic heterocycles. The Hall–Kier alpha value is -0.420. The molecule has 0 amide bonds. The van der Waals surface area contributed by atoms with Crippen LogP contribution >= 0.6 is 15.9 Å². The van der Waals surface area contributed by atoms with Gasteiger partial charge in [-0.3, -0.25) is 0 Å². The molecule has 3 N–H and O–H groups in total. The maximum absolute atomic E-state index is 9.79. The first kappa shape index (κ1) is 14.0. The second-order valence-corrected chi connectivity index (χ2v) is 6.44. The standard InChI is InChI=1S/C14H20BrNO2/c1-10-7-13(2,8-17)14(16,9-18-10)11-4-3-5-12(15)6-11/h3-6,10,17H,7-9,16H2,1-2H3/t10-,13-,14+/m0/s1. The summed E-state index contributed by atoms with van der Waals surface area (Å²) in [5, 5.41) is 9.79. The minimum atomic E-state index is -0.655. The largest absolute Gasteiger partial charge is 0.396 e. The number of ether oxygens (including phenoxy) is 1. The molecule has 0 bridgehead atoms. The summed E-state index contributed by atoms with van der Waals surface area (Å²) in [6.45, 7) is 4.55. The quantitative estimate of drug-likeness (QED) is 0.881. The van der Waals surface area contributed by atoms with Gasteiger partial charge in [-0.15, -0.1) is 0 Å². The first-order valence-electron chi connectivity index (χ1n) is 6.19. The van der Waals surface area contributed by atoms with Gasteiger partial charge in [0.2, 0.25) is 0 Å². The molecule has 1 aliphatic rings. The number of rotatable bonds is 2. The van der Waals surface area contributed by atoms with Crippen LogP contribution in [0.1, 0.15) is 25.8 Å². The summed E-state index contributed by atoms with van der Waals surface area (Å²) < 4.78 is 6.72. The van der Waals surface area contributed by atoms with Crippen LogP contribution in [0, 0.1) is 5.41 Å². The van der Waals surface area contributed by atoms with E-state index in [0.717, 1.165) is 16.5 Å². The topological polar surface area (TPSA) is 55.5 Å². The predicted molar refractivity (Wildman–Crippen MR) is 75.2 cm³/mol. The van der Waals surface area contributed by atoms with Crippen molar-refractivity contribution in [3.05, 3.63) is 34.3 Å². The van der Waals surface area contributed by atoms with Gasteiger partial charge in [-0.25, -0.2) is 0 Å². The van der Waals surface area contributed by atoms with Gasteiger partial charge in [-0.05, 0) is 31.0 Å². The van der Waals surface area contributed by atoms with Gasteiger partial charge in [-0.2, -0.15) is 0 Å². The van der Waals surface area contributed by atoms with Gasteiger partial charge in [0.05, 0.1) is 24.9 Å². The SMILES string of the molecule is C[C@H]1C[C@@](C)(CO)[C@](N)(c2cccc(Br)c2)CO1. The molecule has 18 heavy (non-hydrogen) atoms. The van der Waals surface area contributed by atoms with Crippen LogP contribution in [0.5, 0.6) is 0 Å². The number of halogens is 1. The molecule has 1 saturated heterocycles. The zero-order valence-electron chi connectivity index (χ0n) is 10.8. The summed E-state index contributed by atoms with van der Waals surface area (Å²) in [5.74, 6) is 0. The van der Waals surface area contributed by atoms with E-state index >= 15 is 0 Å². The van der Waals surface area contributed by atoms with Crippen molar-refractivity contribution < 1.29 is 9.84 Å². The Labute approximate surface area is 116 Å². The lowest BCUT2D eigenvalue weighted by atomic mass is 9.64. The number of hydrogen-bond acceptors (Lipinski definition) is 3. The molecule has 3 atom stereocenters. The summed E-state index contributed by atoms with van der Waals surface area (Å²) in [7, 11) is 0. The third-order valence-corrected chi connectivity index (χ3v) is 4.59. The molecule has 0 saturated carbocycles. The van der Waals surface area contributed by atoms with Crippen molar-refractivity contribution in [1.29, 1.82) is 0 Å². The Morgan fingerprint density at radius 2 is 2.28 bits per heavy atom. The summed E-state index contributed by atoms with van der Waals surface area (Å²) in [6.07, 6.45) is 0.887. The summed E-state index contributed by atoms with van der Waals surface area (Å²) in [5.41, 5.74) is 6.57. The summed E-state index contributed by atoms with van der Waals surface area (Å²) in [4.78, 5) is 0. The minimum Gasteiger partial charge on any atom is -0.396 e. The fourth-order valence-corrected chi connectivity index (χ4v) is 3.13. The zero-order chi connectivity index (χ0) is 13.4. The molecule has 4 heteroatoms. The minimum absolute atomic E-state index is 0.0592. The molecule has 2 rings (SSSR count). The van der Waals surface area contributed by atoms with E-state index in [1.54, 1.807) is 0 Å². The number of aliphatic hydroxyl groups excluding tert-OH is 1. The van der Waals surface area contributed by atoms with Gasteiger partial charge in [-0.1, -0.05) is 35.0 Å². The molecule has 0 radical (unpaired) electrons. The summed E-state index contributed by atoms with van der Waals surface area (Å²) in [6, 6.07) is 7.94. The molecule has 0 spiro atoms. The molecular formula is C14H20BrNO2. The van der Waals surface area contributed by atoms with Crippen LogP contribution < -0.4 is 5.73 Å². The third-order valence-electron chi connectivity index (χ3n) is 4.10. The van der Waals surface area contributed by atoms with Gasteiger partial charge in [0.15, 0.2) is 0 Å². The maximum Gasteiger partial charge on any atom is 0.0724 e. The number of nitrogens with two attached hydrogens (primary N) is 1. The van der Waals surface area contributed by atoms with E-state index in [2.05, 4.69) is 15.9 Å². The smallest absolute Gasteiger partial charge is 0.0724 e. The highest BCUT2D eigenvalue weighted by molar-refractivity contribution is 9.10. The average Bonchev–Trinajstić information content (AvgIpc) is 2.34. The van der Waals surface area contributed by atoms with Crippen molar-refractivity contribution in [1.82, 2.24) is 0 Å². The van der Waals surface area contributed by atoms with E-state index < -0.39 is 5.54 Å². The van der Waals surface area contributed by atoms with E-state index in [4.69, 9.17) is 10.5 Å². The second kappa shape index (κ2) is 4.93. The van der Waals surface area contributed by atoms with Gasteiger partial charge in [0.25, 0.3) is 0 Å². The Balaban J connectivity index is 2.44. The lowest BCUT2D eigenvalue weighted by Gasteiger charge is -2.50. The van der Waals surface area contributed by atoms with Crippen LogP contribution in [-0.2, 0) is 10.3 Å². The molecule has 0 unspecified atom stereocenters. The lowest BCUT2D eigenvalue weighted by Crippen LogP contribution is -2.60. The zero-order valence-corrected chi connectivity index (χ0v) is 12.4. The molecule has 0 aliphatic carbocycles. The van der Waals surface area contributed by atoms with Crippen molar-refractivity contribution in [3.8, 4) is 0 Å². The van der Waals surface area contributed by atoms with Crippen LogP contribution in [0.2, 0.25) is 0 Å². The number of benzene rings is 1. The average molecular weight is 314 g/mol. The van der Waals surface area contributed by atoms with Gasteiger partial charge in [0.1, 0.15) is 0 Å². The normalized spacial score (nSPS) is 36.6. The molecule has 1 aromatic carbocycles. The van der Waals surface area contributed by atoms with Crippen molar-refractivity contribution in [2.75, 3.05) is 13.2 Å². The number of aliphatic hydroxyl groups is 1. The van der Waals surface area contributed by atoms with Crippen LogP contribution in [0.15, 0.2) is 28.7 Å².